The fraction of sp³-hybridized carbons (Fsp3) is 0.0769. The van der Waals surface area contributed by atoms with Crippen molar-refractivity contribution in [2.45, 2.75) is 6.54 Å². The second-order valence-electron chi connectivity index (χ2n) is 3.66. The minimum atomic E-state index is -0.351. The molecule has 4 nitrogen and oxygen atoms in total. The van der Waals surface area contributed by atoms with Crippen molar-refractivity contribution < 1.29 is 9.18 Å². The highest BCUT2D eigenvalue weighted by Crippen LogP contribution is 2.12. The third kappa shape index (κ3) is 2.63. The van der Waals surface area contributed by atoms with Crippen molar-refractivity contribution in [2.24, 2.45) is 0 Å². The van der Waals surface area contributed by atoms with Crippen LogP contribution in [0, 0.1) is 5.82 Å². The fourth-order valence-electron chi connectivity index (χ4n) is 1.53. The van der Waals surface area contributed by atoms with Crippen molar-refractivity contribution >= 4 is 11.9 Å². The van der Waals surface area contributed by atoms with Gasteiger partial charge in [-0.3, -0.25) is 10.1 Å². The second-order valence-corrected chi connectivity index (χ2v) is 3.66. The number of anilines is 1. The largest absolute Gasteiger partial charge is 0.313 e. The maximum absolute atomic E-state index is 13.5. The number of aromatic nitrogens is 2. The Labute approximate surface area is 104 Å². The molecule has 0 atom stereocenters. The van der Waals surface area contributed by atoms with E-state index in [-0.39, 0.29) is 11.7 Å². The topological polar surface area (TPSA) is 46.9 Å². The van der Waals surface area contributed by atoms with E-state index in [1.165, 1.54) is 6.07 Å². The lowest BCUT2D eigenvalue weighted by atomic mass is 10.2. The van der Waals surface area contributed by atoms with Gasteiger partial charge in [-0.25, -0.2) is 9.37 Å². The Kier molecular flexibility index (Phi) is 3.52. The number of hydrogen-bond donors (Lipinski definition) is 1. The molecule has 0 spiro atoms. The maximum atomic E-state index is 13.5. The van der Waals surface area contributed by atoms with E-state index in [1.807, 2.05) is 0 Å². The molecule has 5 heteroatoms. The number of rotatable bonds is 4. The molecule has 1 aromatic heterocycles. The van der Waals surface area contributed by atoms with Crippen LogP contribution < -0.4 is 5.32 Å². The van der Waals surface area contributed by atoms with Gasteiger partial charge in [-0.2, -0.15) is 0 Å². The third-order valence-electron chi connectivity index (χ3n) is 2.43. The average Bonchev–Trinajstić information content (AvgIpc) is 2.79. The molecule has 2 aromatic rings. The Balaban J connectivity index is 2.20. The predicted molar refractivity (Wildman–Crippen MR) is 66.6 cm³/mol. The summed E-state index contributed by atoms with van der Waals surface area (Å²) in [7, 11) is 0. The molecule has 1 heterocycles. The molecule has 0 aliphatic carbocycles. The van der Waals surface area contributed by atoms with Gasteiger partial charge in [-0.05, 0) is 12.1 Å². The van der Waals surface area contributed by atoms with Crippen LogP contribution >= 0.6 is 0 Å². The van der Waals surface area contributed by atoms with Crippen molar-refractivity contribution in [3.63, 3.8) is 0 Å². The highest BCUT2D eigenvalue weighted by Gasteiger charge is 2.07. The second kappa shape index (κ2) is 5.27. The van der Waals surface area contributed by atoms with Crippen LogP contribution in [0.1, 0.15) is 5.56 Å². The summed E-state index contributed by atoms with van der Waals surface area (Å²) in [6.45, 7) is 3.66. The van der Waals surface area contributed by atoms with E-state index in [0.29, 0.717) is 18.1 Å². The normalized spacial score (nSPS) is 10.1. The van der Waals surface area contributed by atoms with Crippen molar-refractivity contribution in [3.8, 4) is 0 Å². The number of carbonyl (C=O) groups is 1. The van der Waals surface area contributed by atoms with Crippen LogP contribution in [-0.4, -0.2) is 15.5 Å². The number of imidazole rings is 1. The molecule has 92 valence electrons. The first-order valence-electron chi connectivity index (χ1n) is 5.38. The minimum Gasteiger partial charge on any atom is -0.313 e. The summed E-state index contributed by atoms with van der Waals surface area (Å²) in [6.07, 6.45) is 4.37. The van der Waals surface area contributed by atoms with E-state index < -0.39 is 0 Å². The summed E-state index contributed by atoms with van der Waals surface area (Å²) in [5.74, 6) is -0.272. The van der Waals surface area contributed by atoms with Gasteiger partial charge in [0, 0.05) is 18.0 Å². The van der Waals surface area contributed by atoms with Gasteiger partial charge in [-0.1, -0.05) is 24.8 Å². The van der Waals surface area contributed by atoms with Crippen LogP contribution in [0.5, 0.6) is 0 Å². The number of nitrogens with one attached hydrogen (secondary N) is 1. The number of carbonyl (C=O) groups excluding carboxylic acids is 1. The zero-order valence-electron chi connectivity index (χ0n) is 9.64. The molecule has 0 radical (unpaired) electrons. The van der Waals surface area contributed by atoms with Gasteiger partial charge in [0.1, 0.15) is 5.82 Å². The van der Waals surface area contributed by atoms with Crippen LogP contribution in [0.2, 0.25) is 0 Å². The summed E-state index contributed by atoms with van der Waals surface area (Å²) in [4.78, 5) is 15.2. The number of benzene rings is 1. The first-order valence-corrected chi connectivity index (χ1v) is 5.38. The quantitative estimate of drug-likeness (QED) is 0.839. The van der Waals surface area contributed by atoms with E-state index in [1.54, 1.807) is 35.2 Å². The number of nitrogens with zero attached hydrogens (tertiary/aromatic N) is 2. The molecule has 0 saturated heterocycles. The first kappa shape index (κ1) is 12.0. The SMILES string of the molecule is C=CC(=O)Nc1nccn1Cc1ccccc1F. The van der Waals surface area contributed by atoms with Crippen molar-refractivity contribution in [1.82, 2.24) is 9.55 Å². The van der Waals surface area contributed by atoms with Gasteiger partial charge in [0.2, 0.25) is 11.9 Å². The fourth-order valence-corrected chi connectivity index (χ4v) is 1.53. The Bertz CT molecular complexity index is 577. The number of amides is 1. The molecule has 18 heavy (non-hydrogen) atoms. The van der Waals surface area contributed by atoms with Crippen LogP contribution in [0.4, 0.5) is 10.3 Å². The van der Waals surface area contributed by atoms with Crippen molar-refractivity contribution in [3.05, 3.63) is 60.7 Å². The number of halogens is 1. The van der Waals surface area contributed by atoms with E-state index >= 15 is 0 Å². The van der Waals surface area contributed by atoms with E-state index in [4.69, 9.17) is 0 Å². The summed E-state index contributed by atoms with van der Waals surface area (Å²) in [5.41, 5.74) is 0.532. The summed E-state index contributed by atoms with van der Waals surface area (Å²) < 4.78 is 15.2. The monoisotopic (exact) mass is 245 g/mol. The number of hydrogen-bond acceptors (Lipinski definition) is 2. The molecule has 0 saturated carbocycles. The standard InChI is InChI=1S/C13H12FN3O/c1-2-12(18)16-13-15-7-8-17(13)9-10-5-3-4-6-11(10)14/h2-8H,1,9H2,(H,15,16,18). The van der Waals surface area contributed by atoms with E-state index in [2.05, 4.69) is 16.9 Å². The molecule has 0 unspecified atom stereocenters. The van der Waals surface area contributed by atoms with E-state index in [9.17, 15) is 9.18 Å². The van der Waals surface area contributed by atoms with Crippen LogP contribution in [0.15, 0.2) is 49.3 Å². The minimum absolute atomic E-state index is 0.285. The third-order valence-corrected chi connectivity index (χ3v) is 2.43. The lowest BCUT2D eigenvalue weighted by Gasteiger charge is -2.08. The molecule has 0 bridgehead atoms. The molecule has 0 aliphatic heterocycles. The molecule has 1 N–H and O–H groups in total. The highest BCUT2D eigenvalue weighted by molar-refractivity contribution is 5.97. The highest BCUT2D eigenvalue weighted by atomic mass is 19.1. The molecule has 1 amide bonds. The van der Waals surface area contributed by atoms with Gasteiger partial charge in [0.25, 0.3) is 0 Å². The van der Waals surface area contributed by atoms with Gasteiger partial charge in [0.15, 0.2) is 0 Å². The lowest BCUT2D eigenvalue weighted by Crippen LogP contribution is -2.13. The molecular formula is C13H12FN3O. The summed E-state index contributed by atoms with van der Waals surface area (Å²) in [6, 6.07) is 6.48. The maximum Gasteiger partial charge on any atom is 0.250 e. The predicted octanol–water partition coefficient (Wildman–Crippen LogP) is 2.20. The summed E-state index contributed by atoms with van der Waals surface area (Å²) >= 11 is 0. The smallest absolute Gasteiger partial charge is 0.250 e. The molecule has 1 aromatic carbocycles. The van der Waals surface area contributed by atoms with Crippen molar-refractivity contribution in [2.75, 3.05) is 5.32 Å². The van der Waals surface area contributed by atoms with Gasteiger partial charge in [-0.15, -0.1) is 0 Å². The molecule has 0 aliphatic rings. The van der Waals surface area contributed by atoms with Crippen molar-refractivity contribution in [1.29, 1.82) is 0 Å². The summed E-state index contributed by atoms with van der Waals surface area (Å²) in [5, 5.41) is 2.55. The van der Waals surface area contributed by atoms with Gasteiger partial charge in [0.05, 0.1) is 6.54 Å². The molecule has 0 fully saturated rings. The first-order chi connectivity index (χ1) is 8.70. The Hall–Kier alpha value is -2.43. The van der Waals surface area contributed by atoms with Crippen LogP contribution in [-0.2, 0) is 11.3 Å². The Morgan fingerprint density at radius 2 is 2.28 bits per heavy atom. The lowest BCUT2D eigenvalue weighted by molar-refractivity contribution is -0.111. The van der Waals surface area contributed by atoms with Crippen LogP contribution in [0.25, 0.3) is 0 Å². The van der Waals surface area contributed by atoms with Gasteiger partial charge >= 0.3 is 0 Å². The molecular weight excluding hydrogens is 233 g/mol. The van der Waals surface area contributed by atoms with E-state index in [0.717, 1.165) is 6.08 Å². The molecule has 2 rings (SSSR count). The van der Waals surface area contributed by atoms with Crippen LogP contribution in [0.3, 0.4) is 0 Å². The van der Waals surface area contributed by atoms with Gasteiger partial charge < -0.3 is 4.57 Å². The Morgan fingerprint density at radius 1 is 1.50 bits per heavy atom. The average molecular weight is 245 g/mol. The zero-order valence-corrected chi connectivity index (χ0v) is 9.64. The Morgan fingerprint density at radius 3 is 3.00 bits per heavy atom. The zero-order chi connectivity index (χ0) is 13.0.